The van der Waals surface area contributed by atoms with Crippen molar-refractivity contribution in [2.45, 2.75) is 32.4 Å². The Bertz CT molecular complexity index is 389. The summed E-state index contributed by atoms with van der Waals surface area (Å²) >= 11 is 0. The van der Waals surface area contributed by atoms with Crippen LogP contribution < -0.4 is 5.73 Å². The molecule has 0 saturated carbocycles. The smallest absolute Gasteiger partial charge is 0.126 e. The Morgan fingerprint density at radius 1 is 1.28 bits per heavy atom. The highest BCUT2D eigenvalue weighted by atomic mass is 19.1. The average Bonchev–Trinajstić information content (AvgIpc) is 2.27. The Morgan fingerprint density at radius 2 is 1.94 bits per heavy atom. The third kappa shape index (κ3) is 3.06. The van der Waals surface area contributed by atoms with Crippen molar-refractivity contribution in [3.63, 3.8) is 0 Å². The molecule has 0 aromatic heterocycles. The first kappa shape index (κ1) is 13.4. The number of likely N-dealkylation sites (tertiary alicyclic amines) is 1. The zero-order chi connectivity index (χ0) is 13.1. The van der Waals surface area contributed by atoms with Crippen LogP contribution in [-0.2, 0) is 6.54 Å². The van der Waals surface area contributed by atoms with Gasteiger partial charge in [0.15, 0.2) is 0 Å². The fraction of sp³-hybridized carbons (Fsp3) is 0.571. The number of hydrogen-bond donors (Lipinski definition) is 1. The van der Waals surface area contributed by atoms with Crippen molar-refractivity contribution in [1.82, 2.24) is 4.90 Å². The lowest BCUT2D eigenvalue weighted by atomic mass is 9.90. The van der Waals surface area contributed by atoms with E-state index in [4.69, 9.17) is 5.73 Å². The molecule has 1 heterocycles. The quantitative estimate of drug-likeness (QED) is 0.898. The summed E-state index contributed by atoms with van der Waals surface area (Å²) in [5.74, 6) is -0.485. The summed E-state index contributed by atoms with van der Waals surface area (Å²) in [6, 6.07) is 4.01. The second kappa shape index (κ2) is 5.76. The molecule has 0 spiro atoms. The topological polar surface area (TPSA) is 29.3 Å². The van der Waals surface area contributed by atoms with E-state index in [1.807, 2.05) is 0 Å². The van der Waals surface area contributed by atoms with Crippen LogP contribution in [0.15, 0.2) is 18.2 Å². The van der Waals surface area contributed by atoms with E-state index in [2.05, 4.69) is 11.8 Å². The van der Waals surface area contributed by atoms with Crippen LogP contribution in [0.4, 0.5) is 8.78 Å². The van der Waals surface area contributed by atoms with Gasteiger partial charge in [-0.05, 0) is 43.0 Å². The van der Waals surface area contributed by atoms with Gasteiger partial charge < -0.3 is 5.73 Å². The number of piperidine rings is 1. The van der Waals surface area contributed by atoms with E-state index < -0.39 is 11.6 Å². The Morgan fingerprint density at radius 3 is 2.56 bits per heavy atom. The van der Waals surface area contributed by atoms with E-state index in [9.17, 15) is 8.78 Å². The van der Waals surface area contributed by atoms with Crippen molar-refractivity contribution in [3.05, 3.63) is 35.4 Å². The minimum Gasteiger partial charge on any atom is -0.329 e. The van der Waals surface area contributed by atoms with Crippen molar-refractivity contribution in [1.29, 1.82) is 0 Å². The fourth-order valence-corrected chi connectivity index (χ4v) is 2.85. The van der Waals surface area contributed by atoms with Crippen molar-refractivity contribution in [3.8, 4) is 0 Å². The summed E-state index contributed by atoms with van der Waals surface area (Å²) < 4.78 is 26.3. The Balaban J connectivity index is 2.11. The first-order chi connectivity index (χ1) is 8.60. The molecule has 1 aliphatic heterocycles. The van der Waals surface area contributed by atoms with Gasteiger partial charge in [0.05, 0.1) is 0 Å². The summed E-state index contributed by atoms with van der Waals surface area (Å²) in [7, 11) is 0. The predicted octanol–water partition coefficient (Wildman–Crippen LogP) is 2.52. The van der Waals surface area contributed by atoms with Crippen LogP contribution in [0.1, 0.15) is 25.3 Å². The summed E-state index contributed by atoms with van der Waals surface area (Å²) in [6.45, 7) is 4.31. The van der Waals surface area contributed by atoms with Crippen molar-refractivity contribution in [2.24, 2.45) is 11.7 Å². The number of halogens is 2. The SMILES string of the molecule is CC1CCCN(Cc2cc(F)cc(F)c2)C1CN. The molecule has 2 rings (SSSR count). The molecule has 1 aromatic carbocycles. The summed E-state index contributed by atoms with van der Waals surface area (Å²) in [5, 5.41) is 0. The molecule has 1 aromatic rings. The summed E-state index contributed by atoms with van der Waals surface area (Å²) in [5.41, 5.74) is 6.49. The largest absolute Gasteiger partial charge is 0.329 e. The maximum atomic E-state index is 13.2. The molecule has 0 aliphatic carbocycles. The number of nitrogens with two attached hydrogens (primary N) is 1. The number of hydrogen-bond acceptors (Lipinski definition) is 2. The molecule has 2 nitrogen and oxygen atoms in total. The highest BCUT2D eigenvalue weighted by molar-refractivity contribution is 5.18. The van der Waals surface area contributed by atoms with Gasteiger partial charge in [-0.1, -0.05) is 6.92 Å². The predicted molar refractivity (Wildman–Crippen MR) is 68.0 cm³/mol. The number of rotatable bonds is 3. The van der Waals surface area contributed by atoms with Crippen LogP contribution in [0.2, 0.25) is 0 Å². The summed E-state index contributed by atoms with van der Waals surface area (Å²) in [4.78, 5) is 2.24. The maximum Gasteiger partial charge on any atom is 0.126 e. The zero-order valence-electron chi connectivity index (χ0n) is 10.7. The Hall–Kier alpha value is -1.00. The molecule has 2 atom stereocenters. The van der Waals surface area contributed by atoms with Gasteiger partial charge in [0.2, 0.25) is 0 Å². The van der Waals surface area contributed by atoms with Gasteiger partial charge in [-0.25, -0.2) is 8.78 Å². The van der Waals surface area contributed by atoms with Gasteiger partial charge in [-0.15, -0.1) is 0 Å². The molecule has 0 radical (unpaired) electrons. The highest BCUT2D eigenvalue weighted by Gasteiger charge is 2.27. The van der Waals surface area contributed by atoms with Crippen LogP contribution in [0.3, 0.4) is 0 Å². The lowest BCUT2D eigenvalue weighted by Gasteiger charge is -2.39. The molecular formula is C14H20F2N2. The van der Waals surface area contributed by atoms with Gasteiger partial charge in [0.1, 0.15) is 11.6 Å². The van der Waals surface area contributed by atoms with Crippen LogP contribution in [0.5, 0.6) is 0 Å². The van der Waals surface area contributed by atoms with E-state index in [0.29, 0.717) is 30.6 Å². The molecular weight excluding hydrogens is 234 g/mol. The van der Waals surface area contributed by atoms with E-state index in [1.54, 1.807) is 0 Å². The molecule has 4 heteroatoms. The Labute approximate surface area is 107 Å². The number of benzene rings is 1. The first-order valence-electron chi connectivity index (χ1n) is 6.49. The molecule has 1 fully saturated rings. The third-order valence-corrected chi connectivity index (χ3v) is 3.78. The second-order valence-corrected chi connectivity index (χ2v) is 5.17. The van der Waals surface area contributed by atoms with Crippen LogP contribution in [0.25, 0.3) is 0 Å². The van der Waals surface area contributed by atoms with E-state index >= 15 is 0 Å². The van der Waals surface area contributed by atoms with Crippen molar-refractivity contribution in [2.75, 3.05) is 13.1 Å². The van der Waals surface area contributed by atoms with E-state index in [-0.39, 0.29) is 0 Å². The highest BCUT2D eigenvalue weighted by Crippen LogP contribution is 2.24. The summed E-state index contributed by atoms with van der Waals surface area (Å²) in [6.07, 6.45) is 2.30. The van der Waals surface area contributed by atoms with Crippen LogP contribution in [0, 0.1) is 17.6 Å². The molecule has 18 heavy (non-hydrogen) atoms. The van der Waals surface area contributed by atoms with E-state index in [0.717, 1.165) is 19.0 Å². The lowest BCUT2D eigenvalue weighted by molar-refractivity contribution is 0.0989. The fourth-order valence-electron chi connectivity index (χ4n) is 2.85. The third-order valence-electron chi connectivity index (χ3n) is 3.78. The maximum absolute atomic E-state index is 13.2. The van der Waals surface area contributed by atoms with Gasteiger partial charge >= 0.3 is 0 Å². The van der Waals surface area contributed by atoms with E-state index in [1.165, 1.54) is 18.6 Å². The normalized spacial score (nSPS) is 25.3. The van der Waals surface area contributed by atoms with Crippen LogP contribution >= 0.6 is 0 Å². The minimum atomic E-state index is -0.514. The van der Waals surface area contributed by atoms with Crippen molar-refractivity contribution < 1.29 is 8.78 Å². The standard InChI is InChI=1S/C14H20F2N2/c1-10-3-2-4-18(14(10)8-17)9-11-5-12(15)7-13(16)6-11/h5-7,10,14H,2-4,8-9,17H2,1H3. The molecule has 1 saturated heterocycles. The molecule has 1 aliphatic rings. The second-order valence-electron chi connectivity index (χ2n) is 5.17. The Kier molecular flexibility index (Phi) is 4.30. The number of nitrogens with zero attached hydrogens (tertiary/aromatic N) is 1. The van der Waals surface area contributed by atoms with Gasteiger partial charge in [0.25, 0.3) is 0 Å². The molecule has 0 bridgehead atoms. The first-order valence-corrected chi connectivity index (χ1v) is 6.49. The minimum absolute atomic E-state index is 0.310. The monoisotopic (exact) mass is 254 g/mol. The van der Waals surface area contributed by atoms with Gasteiger partial charge in [-0.3, -0.25) is 4.90 Å². The zero-order valence-corrected chi connectivity index (χ0v) is 10.7. The average molecular weight is 254 g/mol. The van der Waals surface area contributed by atoms with Crippen LogP contribution in [-0.4, -0.2) is 24.0 Å². The molecule has 100 valence electrons. The van der Waals surface area contributed by atoms with Gasteiger partial charge in [-0.2, -0.15) is 0 Å². The molecule has 0 amide bonds. The molecule has 2 unspecified atom stereocenters. The van der Waals surface area contributed by atoms with Crippen molar-refractivity contribution >= 4 is 0 Å². The lowest BCUT2D eigenvalue weighted by Crippen LogP contribution is -2.48. The van der Waals surface area contributed by atoms with Gasteiger partial charge in [0, 0.05) is 25.2 Å². The molecule has 2 N–H and O–H groups in total.